The normalized spacial score (nSPS) is 11.4. The first-order valence-corrected chi connectivity index (χ1v) is 7.83. The number of aryl methyl sites for hydroxylation is 1. The molecule has 0 unspecified atom stereocenters. The highest BCUT2D eigenvalue weighted by Crippen LogP contribution is 2.28. The minimum absolute atomic E-state index is 0.160. The van der Waals surface area contributed by atoms with Crippen LogP contribution in [0.4, 0.5) is 14.5 Å². The number of hydrogen-bond acceptors (Lipinski definition) is 4. The van der Waals surface area contributed by atoms with Crippen molar-refractivity contribution in [1.82, 2.24) is 0 Å². The summed E-state index contributed by atoms with van der Waals surface area (Å²) in [6, 6.07) is 4.04. The van der Waals surface area contributed by atoms with E-state index in [0.717, 1.165) is 35.6 Å². The molecule has 0 aliphatic rings. The Morgan fingerprint density at radius 3 is 2.57 bits per heavy atom. The van der Waals surface area contributed by atoms with Gasteiger partial charge in [0, 0.05) is 4.88 Å². The van der Waals surface area contributed by atoms with Crippen LogP contribution < -0.4 is 4.72 Å². The average Bonchev–Trinajstić information content (AvgIpc) is 2.78. The van der Waals surface area contributed by atoms with Gasteiger partial charge in [0.2, 0.25) is 0 Å². The first kappa shape index (κ1) is 15.4. The van der Waals surface area contributed by atoms with E-state index in [4.69, 9.17) is 5.11 Å². The van der Waals surface area contributed by atoms with E-state index < -0.39 is 33.3 Å². The monoisotopic (exact) mass is 333 g/mol. The van der Waals surface area contributed by atoms with Crippen molar-refractivity contribution in [3.63, 3.8) is 0 Å². The first-order valence-electron chi connectivity index (χ1n) is 5.53. The summed E-state index contributed by atoms with van der Waals surface area (Å²) >= 11 is 0.781. The number of nitrogens with one attached hydrogen (secondary N) is 1. The predicted octanol–water partition coefficient (Wildman–Crippen LogP) is 2.83. The van der Waals surface area contributed by atoms with E-state index in [-0.39, 0.29) is 14.6 Å². The molecule has 0 spiro atoms. The molecule has 5 nitrogen and oxygen atoms in total. The number of halogens is 2. The molecule has 1 aromatic carbocycles. The summed E-state index contributed by atoms with van der Waals surface area (Å²) in [7, 11) is -4.21. The number of sulfonamides is 1. The van der Waals surface area contributed by atoms with Gasteiger partial charge in [0.05, 0.1) is 5.69 Å². The van der Waals surface area contributed by atoms with Crippen molar-refractivity contribution in [2.45, 2.75) is 11.8 Å². The molecule has 0 saturated heterocycles. The van der Waals surface area contributed by atoms with Crippen molar-refractivity contribution in [2.75, 3.05) is 4.72 Å². The molecule has 0 amide bonds. The van der Waals surface area contributed by atoms with Gasteiger partial charge in [-0.2, -0.15) is 0 Å². The van der Waals surface area contributed by atoms with Gasteiger partial charge < -0.3 is 5.11 Å². The maximum Gasteiger partial charge on any atom is 0.345 e. The van der Waals surface area contributed by atoms with Crippen LogP contribution in [-0.4, -0.2) is 19.5 Å². The molecule has 1 aromatic heterocycles. The van der Waals surface area contributed by atoms with Crippen LogP contribution in [0, 0.1) is 18.6 Å². The van der Waals surface area contributed by atoms with Gasteiger partial charge in [0.15, 0.2) is 11.6 Å². The van der Waals surface area contributed by atoms with Crippen molar-refractivity contribution in [3.05, 3.63) is 45.7 Å². The smallest absolute Gasteiger partial charge is 0.345 e. The minimum atomic E-state index is -4.21. The van der Waals surface area contributed by atoms with Crippen molar-refractivity contribution < 1.29 is 27.1 Å². The molecular formula is C12H9F2NO4S2. The molecule has 0 atom stereocenters. The van der Waals surface area contributed by atoms with Gasteiger partial charge in [-0.25, -0.2) is 22.0 Å². The van der Waals surface area contributed by atoms with Crippen molar-refractivity contribution in [3.8, 4) is 0 Å². The Morgan fingerprint density at radius 1 is 1.33 bits per heavy atom. The van der Waals surface area contributed by atoms with Crippen LogP contribution in [-0.2, 0) is 10.0 Å². The van der Waals surface area contributed by atoms with Gasteiger partial charge in [-0.05, 0) is 25.1 Å². The zero-order chi connectivity index (χ0) is 15.8. The fraction of sp³-hybridized carbons (Fsp3) is 0.0833. The Kier molecular flexibility index (Phi) is 3.97. The third-order valence-corrected chi connectivity index (χ3v) is 5.23. The summed E-state index contributed by atoms with van der Waals surface area (Å²) in [5.41, 5.74) is -0.544. The van der Waals surface area contributed by atoms with E-state index >= 15 is 0 Å². The fourth-order valence-corrected chi connectivity index (χ4v) is 4.11. The zero-order valence-electron chi connectivity index (χ0n) is 10.6. The van der Waals surface area contributed by atoms with Gasteiger partial charge >= 0.3 is 5.97 Å². The lowest BCUT2D eigenvalue weighted by Crippen LogP contribution is -2.14. The van der Waals surface area contributed by atoms with Crippen LogP contribution >= 0.6 is 11.3 Å². The molecule has 21 heavy (non-hydrogen) atoms. The van der Waals surface area contributed by atoms with Crippen LogP contribution in [0.1, 0.15) is 14.5 Å². The third kappa shape index (κ3) is 3.03. The second kappa shape index (κ2) is 5.41. The summed E-state index contributed by atoms with van der Waals surface area (Å²) in [6.45, 7) is 1.42. The number of aromatic carboxylic acids is 1. The van der Waals surface area contributed by atoms with Gasteiger partial charge in [0.25, 0.3) is 10.0 Å². The molecular weight excluding hydrogens is 324 g/mol. The third-order valence-electron chi connectivity index (χ3n) is 2.57. The van der Waals surface area contributed by atoms with Crippen LogP contribution in [0.3, 0.4) is 0 Å². The van der Waals surface area contributed by atoms with E-state index in [1.807, 2.05) is 4.72 Å². The highest BCUT2D eigenvalue weighted by molar-refractivity contribution is 7.93. The van der Waals surface area contributed by atoms with Crippen LogP contribution in [0.25, 0.3) is 0 Å². The second-order valence-electron chi connectivity index (χ2n) is 4.04. The molecule has 0 radical (unpaired) electrons. The van der Waals surface area contributed by atoms with Crippen molar-refractivity contribution in [1.29, 1.82) is 0 Å². The Balaban J connectivity index is 2.43. The molecule has 9 heteroatoms. The predicted molar refractivity (Wildman–Crippen MR) is 73.2 cm³/mol. The number of carboxylic acid groups (broad SMARTS) is 1. The minimum Gasteiger partial charge on any atom is -0.477 e. The van der Waals surface area contributed by atoms with E-state index in [1.54, 1.807) is 0 Å². The van der Waals surface area contributed by atoms with E-state index in [2.05, 4.69) is 0 Å². The molecule has 0 aliphatic carbocycles. The van der Waals surface area contributed by atoms with Crippen LogP contribution in [0.5, 0.6) is 0 Å². The number of hydrogen-bond donors (Lipinski definition) is 2. The maximum absolute atomic E-state index is 13.5. The second-order valence-corrected chi connectivity index (χ2v) is 6.95. The summed E-state index contributed by atoms with van der Waals surface area (Å²) in [4.78, 5) is 10.6. The largest absolute Gasteiger partial charge is 0.477 e. The quantitative estimate of drug-likeness (QED) is 0.901. The van der Waals surface area contributed by atoms with Crippen LogP contribution in [0.15, 0.2) is 29.2 Å². The molecule has 2 N–H and O–H groups in total. The Labute approximate surface area is 122 Å². The number of thiophene rings is 1. The van der Waals surface area contributed by atoms with Gasteiger partial charge in [-0.3, -0.25) is 4.72 Å². The highest BCUT2D eigenvalue weighted by atomic mass is 32.2. The molecule has 2 rings (SSSR count). The lowest BCUT2D eigenvalue weighted by Gasteiger charge is -2.08. The van der Waals surface area contributed by atoms with E-state index in [0.29, 0.717) is 0 Å². The maximum atomic E-state index is 13.5. The molecule has 112 valence electrons. The fourth-order valence-electron chi connectivity index (χ4n) is 1.62. The number of rotatable bonds is 4. The topological polar surface area (TPSA) is 83.5 Å². The van der Waals surface area contributed by atoms with Crippen LogP contribution in [0.2, 0.25) is 0 Å². The molecule has 0 aliphatic heterocycles. The van der Waals surface area contributed by atoms with Gasteiger partial charge in [0.1, 0.15) is 9.77 Å². The Bertz CT molecular complexity index is 815. The zero-order valence-corrected chi connectivity index (χ0v) is 12.2. The first-order chi connectivity index (χ1) is 9.72. The van der Waals surface area contributed by atoms with Gasteiger partial charge in [-0.15, -0.1) is 11.3 Å². The number of carboxylic acids is 1. The van der Waals surface area contributed by atoms with E-state index in [1.165, 1.54) is 6.92 Å². The Morgan fingerprint density at radius 2 is 2.00 bits per heavy atom. The average molecular weight is 333 g/mol. The molecule has 0 saturated carbocycles. The molecule has 0 fully saturated rings. The standard InChI is InChI=1S/C12H9F2NO4S2/c1-6-10(5-9(20-6)12(16)17)21(18,19)15-8-4-2-3-7(13)11(8)14/h2-5,15H,1H3,(H,16,17). The number of benzene rings is 1. The highest BCUT2D eigenvalue weighted by Gasteiger charge is 2.23. The molecule has 0 bridgehead atoms. The molecule has 1 heterocycles. The summed E-state index contributed by atoms with van der Waals surface area (Å²) in [6.07, 6.45) is 0. The Hall–Kier alpha value is -2.00. The lowest BCUT2D eigenvalue weighted by molar-refractivity contribution is 0.0702. The van der Waals surface area contributed by atoms with Gasteiger partial charge in [-0.1, -0.05) is 6.07 Å². The summed E-state index contributed by atoms with van der Waals surface area (Å²) in [5.74, 6) is -3.78. The van der Waals surface area contributed by atoms with E-state index in [9.17, 15) is 22.0 Å². The molecule has 2 aromatic rings. The van der Waals surface area contributed by atoms with Crippen molar-refractivity contribution in [2.24, 2.45) is 0 Å². The number of carbonyl (C=O) groups is 1. The summed E-state index contributed by atoms with van der Waals surface area (Å²) in [5, 5.41) is 8.84. The number of anilines is 1. The lowest BCUT2D eigenvalue weighted by atomic mass is 10.3. The SMILES string of the molecule is Cc1sc(C(=O)O)cc1S(=O)(=O)Nc1cccc(F)c1F. The summed E-state index contributed by atoms with van der Waals surface area (Å²) < 4.78 is 52.7. The van der Waals surface area contributed by atoms with Crippen molar-refractivity contribution >= 4 is 33.0 Å².